The van der Waals surface area contributed by atoms with E-state index in [-0.39, 0.29) is 29.4 Å². The van der Waals surface area contributed by atoms with Gasteiger partial charge in [0.1, 0.15) is 0 Å². The minimum Gasteiger partial charge on any atom is -0.339 e. The van der Waals surface area contributed by atoms with Crippen LogP contribution < -0.4 is 5.32 Å². The van der Waals surface area contributed by atoms with Gasteiger partial charge in [-0.1, -0.05) is 48.5 Å². The number of hydrogen-bond donors (Lipinski definition) is 1. The molecule has 174 valence electrons. The van der Waals surface area contributed by atoms with E-state index in [0.717, 1.165) is 25.7 Å². The molecule has 1 aliphatic carbocycles. The second-order valence-electron chi connectivity index (χ2n) is 8.96. The third-order valence-electron chi connectivity index (χ3n) is 6.71. The van der Waals surface area contributed by atoms with Crippen molar-refractivity contribution >= 4 is 46.5 Å². The molecule has 1 aliphatic heterocycles. The molecule has 1 N–H and O–H groups in total. The summed E-state index contributed by atoms with van der Waals surface area (Å²) in [5.41, 5.74) is 1.75. The fourth-order valence-corrected chi connectivity index (χ4v) is 5.05. The van der Waals surface area contributed by atoms with Crippen molar-refractivity contribution in [3.05, 3.63) is 63.6 Å². The average Bonchev–Trinajstić information content (AvgIpc) is 2.85. The molecular weight excluding hydrogens is 459 g/mol. The van der Waals surface area contributed by atoms with Crippen LogP contribution in [0.25, 0.3) is 0 Å². The maximum absolute atomic E-state index is 13.1. The molecule has 2 fully saturated rings. The van der Waals surface area contributed by atoms with Gasteiger partial charge in [-0.2, -0.15) is 0 Å². The van der Waals surface area contributed by atoms with Crippen LogP contribution in [-0.4, -0.2) is 35.6 Å². The molecule has 7 heteroatoms. The van der Waals surface area contributed by atoms with Crippen LogP contribution >= 0.6 is 23.2 Å². The lowest BCUT2D eigenvalue weighted by Gasteiger charge is -2.31. The van der Waals surface area contributed by atoms with Gasteiger partial charge in [0.2, 0.25) is 5.91 Å². The zero-order valence-corrected chi connectivity index (χ0v) is 20.0. The van der Waals surface area contributed by atoms with Crippen LogP contribution in [0.1, 0.15) is 65.7 Å². The molecule has 1 saturated heterocycles. The van der Waals surface area contributed by atoms with E-state index in [9.17, 15) is 14.4 Å². The summed E-state index contributed by atoms with van der Waals surface area (Å²) >= 11 is 12.0. The molecule has 1 heterocycles. The lowest BCUT2D eigenvalue weighted by atomic mass is 9.88. The Morgan fingerprint density at radius 3 is 2.21 bits per heavy atom. The van der Waals surface area contributed by atoms with Gasteiger partial charge >= 0.3 is 0 Å². The van der Waals surface area contributed by atoms with Gasteiger partial charge in [0.25, 0.3) is 5.91 Å². The number of halogens is 2. The molecule has 33 heavy (non-hydrogen) atoms. The van der Waals surface area contributed by atoms with Gasteiger partial charge in [-0.05, 0) is 62.1 Å². The van der Waals surface area contributed by atoms with Crippen LogP contribution in [0.5, 0.6) is 0 Å². The molecule has 0 aromatic heterocycles. The first-order valence-corrected chi connectivity index (χ1v) is 12.4. The molecule has 0 spiro atoms. The third-order valence-corrected chi connectivity index (χ3v) is 7.45. The molecule has 1 saturated carbocycles. The van der Waals surface area contributed by atoms with Gasteiger partial charge in [0, 0.05) is 41.7 Å². The van der Waals surface area contributed by atoms with E-state index in [2.05, 4.69) is 5.32 Å². The van der Waals surface area contributed by atoms with Crippen LogP contribution in [0.4, 0.5) is 5.69 Å². The largest absolute Gasteiger partial charge is 0.339 e. The van der Waals surface area contributed by atoms with Gasteiger partial charge < -0.3 is 10.2 Å². The number of ketones is 1. The molecular formula is C26H28Cl2N2O3. The number of benzene rings is 2. The van der Waals surface area contributed by atoms with Crippen molar-refractivity contribution in [2.45, 2.75) is 44.9 Å². The van der Waals surface area contributed by atoms with Crippen LogP contribution in [-0.2, 0) is 4.79 Å². The predicted octanol–water partition coefficient (Wildman–Crippen LogP) is 6.25. The number of anilines is 1. The van der Waals surface area contributed by atoms with E-state index in [1.807, 2.05) is 6.07 Å². The molecule has 0 radical (unpaired) electrons. The molecule has 0 atom stereocenters. The number of hydrogen-bond acceptors (Lipinski definition) is 3. The Morgan fingerprint density at radius 2 is 1.52 bits per heavy atom. The highest BCUT2D eigenvalue weighted by Crippen LogP contribution is 2.28. The van der Waals surface area contributed by atoms with Crippen molar-refractivity contribution in [2.24, 2.45) is 11.8 Å². The summed E-state index contributed by atoms with van der Waals surface area (Å²) in [6.45, 7) is 1.02. The molecule has 2 aromatic carbocycles. The Balaban J connectivity index is 1.34. The highest BCUT2D eigenvalue weighted by atomic mass is 35.5. The maximum Gasteiger partial charge on any atom is 0.253 e. The molecule has 4 rings (SSSR count). The van der Waals surface area contributed by atoms with Crippen LogP contribution in [0.2, 0.25) is 10.0 Å². The molecule has 2 amide bonds. The number of nitrogens with zero attached hydrogens (tertiary/aromatic N) is 1. The van der Waals surface area contributed by atoms with Crippen LogP contribution in [0.3, 0.4) is 0 Å². The Hall–Kier alpha value is -2.37. The summed E-state index contributed by atoms with van der Waals surface area (Å²) in [5, 5.41) is 3.77. The first-order chi connectivity index (χ1) is 15.9. The highest BCUT2D eigenvalue weighted by Gasteiger charge is 2.29. The van der Waals surface area contributed by atoms with Crippen molar-refractivity contribution < 1.29 is 14.4 Å². The van der Waals surface area contributed by atoms with E-state index in [4.69, 9.17) is 23.2 Å². The van der Waals surface area contributed by atoms with Crippen molar-refractivity contribution in [2.75, 3.05) is 18.4 Å². The molecule has 5 nitrogen and oxygen atoms in total. The first kappa shape index (κ1) is 23.8. The zero-order chi connectivity index (χ0) is 23.4. The number of likely N-dealkylation sites (tertiary alicyclic amines) is 1. The van der Waals surface area contributed by atoms with Gasteiger partial charge in [0.15, 0.2) is 5.78 Å². The average molecular weight is 487 g/mol. The standard InChI is InChI=1S/C26H28Cl2N2O3/c27-22-10-9-19(16-23(22)28)24(31)17-11-13-30(14-12-17)26(33)20-7-4-8-21(15-20)29-25(32)18-5-2-1-3-6-18/h4,7-10,15-18H,1-3,5-6,11-14H2,(H,29,32). The number of Topliss-reactive ketones (excluding diaryl/α,β-unsaturated/α-hetero) is 1. The summed E-state index contributed by atoms with van der Waals surface area (Å²) in [6.07, 6.45) is 6.45. The summed E-state index contributed by atoms with van der Waals surface area (Å²) in [5.74, 6) is -0.0872. The second kappa shape index (κ2) is 10.7. The second-order valence-corrected chi connectivity index (χ2v) is 9.78. The summed E-state index contributed by atoms with van der Waals surface area (Å²) in [6, 6.07) is 12.1. The topological polar surface area (TPSA) is 66.5 Å². The summed E-state index contributed by atoms with van der Waals surface area (Å²) in [7, 11) is 0. The lowest BCUT2D eigenvalue weighted by molar-refractivity contribution is -0.120. The molecule has 0 bridgehead atoms. The number of nitrogens with one attached hydrogen (secondary N) is 1. The zero-order valence-electron chi connectivity index (χ0n) is 18.5. The monoisotopic (exact) mass is 486 g/mol. The van der Waals surface area contributed by atoms with E-state index in [1.54, 1.807) is 41.3 Å². The predicted molar refractivity (Wildman–Crippen MR) is 131 cm³/mol. The van der Waals surface area contributed by atoms with E-state index in [0.29, 0.717) is 52.8 Å². The fraction of sp³-hybridized carbons (Fsp3) is 0.423. The van der Waals surface area contributed by atoms with Crippen molar-refractivity contribution in [1.29, 1.82) is 0 Å². The smallest absolute Gasteiger partial charge is 0.253 e. The fourth-order valence-electron chi connectivity index (χ4n) is 4.75. The minimum absolute atomic E-state index is 0.0353. The minimum atomic E-state index is -0.146. The SMILES string of the molecule is O=C(Nc1cccc(C(=O)N2CCC(C(=O)c3ccc(Cl)c(Cl)c3)CC2)c1)C1CCCCC1. The van der Waals surface area contributed by atoms with Crippen molar-refractivity contribution in [3.8, 4) is 0 Å². The van der Waals surface area contributed by atoms with Crippen LogP contribution in [0, 0.1) is 11.8 Å². The number of rotatable bonds is 5. The van der Waals surface area contributed by atoms with Gasteiger partial charge in [0.05, 0.1) is 10.0 Å². The van der Waals surface area contributed by atoms with Gasteiger partial charge in [-0.25, -0.2) is 0 Å². The normalized spacial score (nSPS) is 17.6. The Kier molecular flexibility index (Phi) is 7.71. The number of carbonyl (C=O) groups is 3. The van der Waals surface area contributed by atoms with Gasteiger partial charge in [-0.15, -0.1) is 0 Å². The van der Waals surface area contributed by atoms with Crippen LogP contribution in [0.15, 0.2) is 42.5 Å². The number of carbonyl (C=O) groups excluding carboxylic acids is 3. The first-order valence-electron chi connectivity index (χ1n) is 11.6. The summed E-state index contributed by atoms with van der Waals surface area (Å²) < 4.78 is 0. The lowest BCUT2D eigenvalue weighted by Crippen LogP contribution is -2.40. The van der Waals surface area contributed by atoms with Crippen molar-refractivity contribution in [3.63, 3.8) is 0 Å². The number of amides is 2. The van der Waals surface area contributed by atoms with Crippen molar-refractivity contribution in [1.82, 2.24) is 4.90 Å². The molecule has 2 aromatic rings. The van der Waals surface area contributed by atoms with Gasteiger partial charge in [-0.3, -0.25) is 14.4 Å². The third kappa shape index (κ3) is 5.77. The molecule has 2 aliphatic rings. The quantitative estimate of drug-likeness (QED) is 0.507. The Morgan fingerprint density at radius 1 is 0.788 bits per heavy atom. The Bertz CT molecular complexity index is 1040. The summed E-state index contributed by atoms with van der Waals surface area (Å²) in [4.78, 5) is 40.2. The molecule has 0 unspecified atom stereocenters. The Labute approximate surface area is 204 Å². The highest BCUT2D eigenvalue weighted by molar-refractivity contribution is 6.42. The van der Waals surface area contributed by atoms with E-state index < -0.39 is 0 Å². The number of piperidine rings is 1. The van der Waals surface area contributed by atoms with E-state index >= 15 is 0 Å². The van der Waals surface area contributed by atoms with E-state index in [1.165, 1.54) is 6.42 Å². The maximum atomic E-state index is 13.1.